The SMILES string of the molecule is O=C1CCC(CNS(=O)(=O)c2[nH]ncc2C(=O)O)N1. The molecule has 1 aromatic rings. The van der Waals surface area contributed by atoms with Crippen LogP contribution < -0.4 is 10.0 Å². The van der Waals surface area contributed by atoms with Crippen molar-refractivity contribution in [3.8, 4) is 0 Å². The standard InChI is InChI=1S/C9H12N4O5S/c14-7-2-1-5(12-7)3-11-19(17,18)8-6(9(15)16)4-10-13-8/h4-5,11H,1-3H2,(H,10,13)(H,12,14)(H,15,16). The molecule has 4 N–H and O–H groups in total. The highest BCUT2D eigenvalue weighted by molar-refractivity contribution is 7.89. The van der Waals surface area contributed by atoms with Gasteiger partial charge in [0.1, 0.15) is 5.56 Å². The van der Waals surface area contributed by atoms with Gasteiger partial charge in [-0.3, -0.25) is 9.89 Å². The molecule has 1 amide bonds. The number of amides is 1. The molecule has 1 saturated heterocycles. The number of aromatic amines is 1. The molecule has 9 nitrogen and oxygen atoms in total. The zero-order valence-corrected chi connectivity index (χ0v) is 10.5. The highest BCUT2D eigenvalue weighted by Gasteiger charge is 2.27. The summed E-state index contributed by atoms with van der Waals surface area (Å²) in [5, 5.41) is 16.5. The second-order valence-electron chi connectivity index (χ2n) is 4.07. The molecule has 2 rings (SSSR count). The van der Waals surface area contributed by atoms with E-state index in [-0.39, 0.29) is 18.5 Å². The van der Waals surface area contributed by atoms with Crippen LogP contribution in [0.2, 0.25) is 0 Å². The van der Waals surface area contributed by atoms with Crippen LogP contribution in [0, 0.1) is 0 Å². The van der Waals surface area contributed by atoms with Gasteiger partial charge in [0.05, 0.1) is 6.20 Å². The third kappa shape index (κ3) is 2.90. The Morgan fingerprint density at radius 3 is 2.89 bits per heavy atom. The molecule has 0 aliphatic carbocycles. The summed E-state index contributed by atoms with van der Waals surface area (Å²) in [6.45, 7) is 0.00610. The molecule has 1 aliphatic rings. The van der Waals surface area contributed by atoms with E-state index in [0.717, 1.165) is 6.20 Å². The number of hydrogen-bond acceptors (Lipinski definition) is 5. The molecule has 0 aromatic carbocycles. The number of nitrogens with one attached hydrogen (secondary N) is 3. The second-order valence-corrected chi connectivity index (χ2v) is 5.78. The number of carboxylic acid groups (broad SMARTS) is 1. The summed E-state index contributed by atoms with van der Waals surface area (Å²) in [7, 11) is -4.00. The Morgan fingerprint density at radius 2 is 2.32 bits per heavy atom. The number of sulfonamides is 1. The minimum atomic E-state index is -4.00. The molecule has 1 unspecified atom stereocenters. The fourth-order valence-electron chi connectivity index (χ4n) is 1.74. The van der Waals surface area contributed by atoms with Crippen LogP contribution in [0.15, 0.2) is 11.2 Å². The van der Waals surface area contributed by atoms with Crippen molar-refractivity contribution in [2.75, 3.05) is 6.54 Å². The van der Waals surface area contributed by atoms with Gasteiger partial charge in [-0.05, 0) is 6.42 Å². The summed E-state index contributed by atoms with van der Waals surface area (Å²) in [6.07, 6.45) is 1.82. The highest BCUT2D eigenvalue weighted by atomic mass is 32.2. The van der Waals surface area contributed by atoms with Gasteiger partial charge in [0.2, 0.25) is 5.91 Å². The molecular formula is C9H12N4O5S. The summed E-state index contributed by atoms with van der Waals surface area (Å²) < 4.78 is 26.0. The van der Waals surface area contributed by atoms with Gasteiger partial charge in [0, 0.05) is 19.0 Å². The molecule has 1 atom stereocenters. The lowest BCUT2D eigenvalue weighted by Crippen LogP contribution is -2.38. The Bertz CT molecular complexity index is 608. The van der Waals surface area contributed by atoms with Crippen molar-refractivity contribution < 1.29 is 23.1 Å². The van der Waals surface area contributed by atoms with Crippen molar-refractivity contribution >= 4 is 21.9 Å². The topological polar surface area (TPSA) is 141 Å². The minimum absolute atomic E-state index is 0.00610. The van der Waals surface area contributed by atoms with Crippen LogP contribution in [0.25, 0.3) is 0 Å². The van der Waals surface area contributed by atoms with Crippen molar-refractivity contribution in [3.63, 3.8) is 0 Å². The Morgan fingerprint density at radius 1 is 1.58 bits per heavy atom. The number of aromatic carboxylic acids is 1. The van der Waals surface area contributed by atoms with E-state index in [1.165, 1.54) is 0 Å². The van der Waals surface area contributed by atoms with Crippen LogP contribution in [0.5, 0.6) is 0 Å². The van der Waals surface area contributed by atoms with E-state index in [4.69, 9.17) is 5.11 Å². The molecule has 2 heterocycles. The highest BCUT2D eigenvalue weighted by Crippen LogP contribution is 2.12. The van der Waals surface area contributed by atoms with Crippen molar-refractivity contribution in [2.24, 2.45) is 0 Å². The monoisotopic (exact) mass is 288 g/mol. The molecule has 1 aliphatic heterocycles. The van der Waals surface area contributed by atoms with E-state index in [0.29, 0.717) is 12.8 Å². The third-order valence-electron chi connectivity index (χ3n) is 2.71. The van der Waals surface area contributed by atoms with Gasteiger partial charge >= 0.3 is 5.97 Å². The molecule has 1 fully saturated rings. The van der Waals surface area contributed by atoms with Gasteiger partial charge < -0.3 is 10.4 Å². The smallest absolute Gasteiger partial charge is 0.340 e. The lowest BCUT2D eigenvalue weighted by molar-refractivity contribution is -0.119. The molecule has 0 radical (unpaired) electrons. The van der Waals surface area contributed by atoms with Gasteiger partial charge in [-0.1, -0.05) is 0 Å². The first-order valence-electron chi connectivity index (χ1n) is 5.46. The summed E-state index contributed by atoms with van der Waals surface area (Å²) in [6, 6.07) is -0.279. The maximum Gasteiger partial charge on any atom is 0.340 e. The van der Waals surface area contributed by atoms with E-state index < -0.39 is 26.6 Å². The van der Waals surface area contributed by atoms with E-state index in [2.05, 4.69) is 20.2 Å². The first-order valence-corrected chi connectivity index (χ1v) is 6.94. The van der Waals surface area contributed by atoms with Gasteiger partial charge in [0.15, 0.2) is 5.03 Å². The Kier molecular flexibility index (Phi) is 3.53. The fourth-order valence-corrected chi connectivity index (χ4v) is 2.91. The Labute approximate surface area is 108 Å². The molecule has 0 spiro atoms. The summed E-state index contributed by atoms with van der Waals surface area (Å²) in [4.78, 5) is 21.8. The maximum atomic E-state index is 11.9. The largest absolute Gasteiger partial charge is 0.478 e. The zero-order chi connectivity index (χ0) is 14.0. The maximum absolute atomic E-state index is 11.9. The van der Waals surface area contributed by atoms with E-state index in [9.17, 15) is 18.0 Å². The average Bonchev–Trinajstić information content (AvgIpc) is 2.94. The van der Waals surface area contributed by atoms with Crippen molar-refractivity contribution in [3.05, 3.63) is 11.8 Å². The van der Waals surface area contributed by atoms with Crippen LogP contribution in [-0.2, 0) is 14.8 Å². The van der Waals surface area contributed by atoms with Crippen LogP contribution in [0.4, 0.5) is 0 Å². The van der Waals surface area contributed by atoms with Crippen molar-refractivity contribution in [1.29, 1.82) is 0 Å². The molecular weight excluding hydrogens is 276 g/mol. The first-order chi connectivity index (χ1) is 8.90. The Balaban J connectivity index is 2.08. The minimum Gasteiger partial charge on any atom is -0.478 e. The molecule has 10 heteroatoms. The number of carbonyl (C=O) groups is 2. The normalized spacial score (nSPS) is 19.4. The van der Waals surface area contributed by atoms with Gasteiger partial charge in [-0.2, -0.15) is 5.10 Å². The summed E-state index contributed by atoms with van der Waals surface area (Å²) >= 11 is 0. The molecule has 19 heavy (non-hydrogen) atoms. The molecule has 0 bridgehead atoms. The zero-order valence-electron chi connectivity index (χ0n) is 9.71. The number of aromatic nitrogens is 2. The number of hydrogen-bond donors (Lipinski definition) is 4. The second kappa shape index (κ2) is 4.97. The third-order valence-corrected chi connectivity index (χ3v) is 4.10. The van der Waals surface area contributed by atoms with E-state index in [1.807, 2.05) is 0 Å². The van der Waals surface area contributed by atoms with E-state index in [1.54, 1.807) is 0 Å². The number of carboxylic acids is 1. The molecule has 0 saturated carbocycles. The van der Waals surface area contributed by atoms with Crippen LogP contribution in [-0.4, -0.2) is 48.2 Å². The number of H-pyrrole nitrogens is 1. The quantitative estimate of drug-likeness (QED) is 0.528. The van der Waals surface area contributed by atoms with Crippen molar-refractivity contribution in [2.45, 2.75) is 23.9 Å². The number of carbonyl (C=O) groups excluding carboxylic acids is 1. The van der Waals surface area contributed by atoms with Crippen molar-refractivity contribution in [1.82, 2.24) is 20.2 Å². The summed E-state index contributed by atoms with van der Waals surface area (Å²) in [5.74, 6) is -1.51. The van der Waals surface area contributed by atoms with Crippen LogP contribution >= 0.6 is 0 Å². The predicted octanol–water partition coefficient (Wildman–Crippen LogP) is -1.34. The average molecular weight is 288 g/mol. The van der Waals surface area contributed by atoms with Gasteiger partial charge in [-0.25, -0.2) is 17.9 Å². The van der Waals surface area contributed by atoms with Gasteiger partial charge in [0.25, 0.3) is 10.0 Å². The molecule has 104 valence electrons. The summed E-state index contributed by atoms with van der Waals surface area (Å²) in [5.41, 5.74) is -0.428. The predicted molar refractivity (Wildman–Crippen MR) is 61.9 cm³/mol. The fraction of sp³-hybridized carbons (Fsp3) is 0.444. The Hall–Kier alpha value is -1.94. The first kappa shape index (κ1) is 13.5. The van der Waals surface area contributed by atoms with E-state index >= 15 is 0 Å². The van der Waals surface area contributed by atoms with Crippen LogP contribution in [0.3, 0.4) is 0 Å². The van der Waals surface area contributed by atoms with Crippen LogP contribution in [0.1, 0.15) is 23.2 Å². The number of rotatable bonds is 5. The molecule has 1 aromatic heterocycles. The number of nitrogens with zero attached hydrogens (tertiary/aromatic N) is 1. The lowest BCUT2D eigenvalue weighted by Gasteiger charge is -2.11. The lowest BCUT2D eigenvalue weighted by atomic mass is 10.2. The van der Waals surface area contributed by atoms with Gasteiger partial charge in [-0.15, -0.1) is 0 Å².